The first kappa shape index (κ1) is 8.75. The third-order valence-electron chi connectivity index (χ3n) is 2.81. The van der Waals surface area contributed by atoms with E-state index in [1.807, 2.05) is 0 Å². The monoisotopic (exact) mass is 179 g/mol. The van der Waals surface area contributed by atoms with Crippen molar-refractivity contribution in [2.24, 2.45) is 11.7 Å². The van der Waals surface area contributed by atoms with E-state index in [1.54, 1.807) is 0 Å². The van der Waals surface area contributed by atoms with Crippen LogP contribution in [0, 0.1) is 12.8 Å². The van der Waals surface area contributed by atoms with Crippen LogP contribution >= 0.6 is 0 Å². The zero-order valence-corrected chi connectivity index (χ0v) is 8.16. The maximum absolute atomic E-state index is 5.56. The van der Waals surface area contributed by atoms with E-state index in [-0.39, 0.29) is 0 Å². The Labute approximate surface area is 78.9 Å². The van der Waals surface area contributed by atoms with Crippen molar-refractivity contribution in [1.29, 1.82) is 0 Å². The van der Waals surface area contributed by atoms with Gasteiger partial charge in [0.1, 0.15) is 0 Å². The highest BCUT2D eigenvalue weighted by Crippen LogP contribution is 2.22. The molecule has 0 aromatic carbocycles. The lowest BCUT2D eigenvalue weighted by Gasteiger charge is -2.22. The third-order valence-corrected chi connectivity index (χ3v) is 2.81. The topological polar surface area (TPSA) is 43.8 Å². The molecule has 1 unspecified atom stereocenters. The first-order valence-electron chi connectivity index (χ1n) is 5.03. The highest BCUT2D eigenvalue weighted by atomic mass is 15.3. The molecular formula is C10H17N3. The molecule has 1 aliphatic heterocycles. The van der Waals surface area contributed by atoms with E-state index >= 15 is 0 Å². The Morgan fingerprint density at radius 3 is 3.31 bits per heavy atom. The fraction of sp³-hybridized carbons (Fsp3) is 0.700. The summed E-state index contributed by atoms with van der Waals surface area (Å²) in [5.74, 6) is 0.786. The molecule has 0 spiro atoms. The van der Waals surface area contributed by atoms with Gasteiger partial charge in [0.25, 0.3) is 0 Å². The Bertz CT molecular complexity index is 290. The highest BCUT2D eigenvalue weighted by Gasteiger charge is 2.18. The molecule has 0 saturated carbocycles. The van der Waals surface area contributed by atoms with Crippen molar-refractivity contribution in [3.05, 3.63) is 17.5 Å². The van der Waals surface area contributed by atoms with Gasteiger partial charge in [0, 0.05) is 12.2 Å². The molecule has 0 saturated heterocycles. The number of nitrogens with two attached hydrogens (primary N) is 1. The summed E-state index contributed by atoms with van der Waals surface area (Å²) in [5.41, 5.74) is 8.10. The summed E-state index contributed by atoms with van der Waals surface area (Å²) >= 11 is 0. The second-order valence-corrected chi connectivity index (χ2v) is 3.94. The molecule has 0 amide bonds. The van der Waals surface area contributed by atoms with Crippen LogP contribution in [0.5, 0.6) is 0 Å². The van der Waals surface area contributed by atoms with Crippen molar-refractivity contribution >= 4 is 0 Å². The molecular weight excluding hydrogens is 162 g/mol. The Morgan fingerprint density at radius 1 is 1.69 bits per heavy atom. The van der Waals surface area contributed by atoms with Crippen LogP contribution in [0.4, 0.5) is 0 Å². The quantitative estimate of drug-likeness (QED) is 0.739. The summed E-state index contributed by atoms with van der Waals surface area (Å²) < 4.78 is 2.14. The van der Waals surface area contributed by atoms with Crippen molar-refractivity contribution in [2.75, 3.05) is 6.54 Å². The fourth-order valence-electron chi connectivity index (χ4n) is 2.14. The average Bonchev–Trinajstić information content (AvgIpc) is 2.44. The van der Waals surface area contributed by atoms with Gasteiger partial charge in [-0.15, -0.1) is 0 Å². The van der Waals surface area contributed by atoms with Crippen molar-refractivity contribution < 1.29 is 0 Å². The van der Waals surface area contributed by atoms with E-state index in [1.165, 1.54) is 12.1 Å². The van der Waals surface area contributed by atoms with Gasteiger partial charge in [-0.2, -0.15) is 5.10 Å². The van der Waals surface area contributed by atoms with Crippen molar-refractivity contribution in [1.82, 2.24) is 9.78 Å². The summed E-state index contributed by atoms with van der Waals surface area (Å²) in [7, 11) is 0. The van der Waals surface area contributed by atoms with Gasteiger partial charge in [0.2, 0.25) is 0 Å². The largest absolute Gasteiger partial charge is 0.330 e. The second-order valence-electron chi connectivity index (χ2n) is 3.94. The Kier molecular flexibility index (Phi) is 2.36. The molecule has 2 heterocycles. The van der Waals surface area contributed by atoms with E-state index in [4.69, 9.17) is 5.73 Å². The molecule has 2 N–H and O–H groups in total. The lowest BCUT2D eigenvalue weighted by Crippen LogP contribution is -2.21. The van der Waals surface area contributed by atoms with Crippen molar-refractivity contribution in [3.63, 3.8) is 0 Å². The molecule has 0 fully saturated rings. The van der Waals surface area contributed by atoms with Crippen LogP contribution in [-0.2, 0) is 13.0 Å². The molecule has 0 bridgehead atoms. The smallest absolute Gasteiger partial charge is 0.0596 e. The number of fused-ring (bicyclic) bond motifs is 1. The minimum atomic E-state index is 0.786. The van der Waals surface area contributed by atoms with Gasteiger partial charge in [-0.1, -0.05) is 0 Å². The maximum atomic E-state index is 5.56. The van der Waals surface area contributed by atoms with Crippen LogP contribution in [-0.4, -0.2) is 16.3 Å². The first-order chi connectivity index (χ1) is 6.29. The zero-order valence-electron chi connectivity index (χ0n) is 8.16. The summed E-state index contributed by atoms with van der Waals surface area (Å²) in [6.07, 6.45) is 3.56. The van der Waals surface area contributed by atoms with Crippen LogP contribution in [0.15, 0.2) is 6.07 Å². The third kappa shape index (κ3) is 1.75. The standard InChI is InChI=1S/C10H17N3/c1-8-6-10-7-9(2-4-11)3-5-13(10)12-8/h6,9H,2-5,7,11H2,1H3. The van der Waals surface area contributed by atoms with Crippen LogP contribution in [0.2, 0.25) is 0 Å². The maximum Gasteiger partial charge on any atom is 0.0596 e. The van der Waals surface area contributed by atoms with Crippen LogP contribution in [0.25, 0.3) is 0 Å². The van der Waals surface area contributed by atoms with Crippen LogP contribution < -0.4 is 5.73 Å². The van der Waals surface area contributed by atoms with Crippen molar-refractivity contribution in [3.8, 4) is 0 Å². The lowest BCUT2D eigenvalue weighted by molar-refractivity contribution is 0.352. The SMILES string of the molecule is Cc1cc2n(n1)CCC(CCN)C2. The van der Waals surface area contributed by atoms with Crippen molar-refractivity contribution in [2.45, 2.75) is 32.7 Å². The Hall–Kier alpha value is -0.830. The minimum Gasteiger partial charge on any atom is -0.330 e. The Balaban J connectivity index is 2.10. The first-order valence-corrected chi connectivity index (χ1v) is 5.03. The van der Waals surface area contributed by atoms with Crippen LogP contribution in [0.3, 0.4) is 0 Å². The number of hydrogen-bond acceptors (Lipinski definition) is 2. The molecule has 1 atom stereocenters. The van der Waals surface area contributed by atoms with Gasteiger partial charge in [-0.25, -0.2) is 0 Å². The van der Waals surface area contributed by atoms with Crippen LogP contribution in [0.1, 0.15) is 24.2 Å². The summed E-state index contributed by atoms with van der Waals surface area (Å²) in [6.45, 7) is 3.95. The molecule has 1 aliphatic rings. The number of aromatic nitrogens is 2. The normalized spacial score (nSPS) is 21.5. The molecule has 13 heavy (non-hydrogen) atoms. The number of aryl methyl sites for hydroxylation is 2. The number of nitrogens with zero attached hydrogens (tertiary/aromatic N) is 2. The molecule has 3 nitrogen and oxygen atoms in total. The summed E-state index contributed by atoms with van der Waals surface area (Å²) in [4.78, 5) is 0. The number of rotatable bonds is 2. The molecule has 0 aliphatic carbocycles. The van der Waals surface area contributed by atoms with Gasteiger partial charge in [0.15, 0.2) is 0 Å². The molecule has 1 aromatic rings. The molecule has 0 radical (unpaired) electrons. The van der Waals surface area contributed by atoms with Gasteiger partial charge in [-0.3, -0.25) is 4.68 Å². The molecule has 2 rings (SSSR count). The molecule has 1 aromatic heterocycles. The molecule has 72 valence electrons. The minimum absolute atomic E-state index is 0.786. The second kappa shape index (κ2) is 3.50. The van der Waals surface area contributed by atoms with E-state index in [2.05, 4.69) is 22.8 Å². The fourth-order valence-corrected chi connectivity index (χ4v) is 2.14. The Morgan fingerprint density at radius 2 is 2.54 bits per heavy atom. The lowest BCUT2D eigenvalue weighted by atomic mass is 9.93. The van der Waals surface area contributed by atoms with E-state index in [0.29, 0.717) is 0 Å². The van der Waals surface area contributed by atoms with E-state index in [0.717, 1.165) is 37.5 Å². The summed E-state index contributed by atoms with van der Waals surface area (Å²) in [6, 6.07) is 2.20. The van der Waals surface area contributed by atoms with Gasteiger partial charge in [-0.05, 0) is 44.7 Å². The molecule has 3 heteroatoms. The average molecular weight is 179 g/mol. The van der Waals surface area contributed by atoms with Gasteiger partial charge < -0.3 is 5.73 Å². The van der Waals surface area contributed by atoms with E-state index in [9.17, 15) is 0 Å². The highest BCUT2D eigenvalue weighted by molar-refractivity contribution is 5.11. The summed E-state index contributed by atoms with van der Waals surface area (Å²) in [5, 5.41) is 4.43. The van der Waals surface area contributed by atoms with E-state index < -0.39 is 0 Å². The van der Waals surface area contributed by atoms with Gasteiger partial charge in [0.05, 0.1) is 5.69 Å². The number of hydrogen-bond donors (Lipinski definition) is 1. The predicted molar refractivity (Wildman–Crippen MR) is 52.4 cm³/mol. The predicted octanol–water partition coefficient (Wildman–Crippen LogP) is 1.10. The zero-order chi connectivity index (χ0) is 9.26. The van der Waals surface area contributed by atoms with Gasteiger partial charge >= 0.3 is 0 Å².